The van der Waals surface area contributed by atoms with Crippen molar-refractivity contribution in [2.45, 2.75) is 13.0 Å². The molecule has 0 aromatic heterocycles. The van der Waals surface area contributed by atoms with Gasteiger partial charge in [0.2, 0.25) is 5.91 Å². The van der Waals surface area contributed by atoms with E-state index in [2.05, 4.69) is 10.2 Å². The predicted octanol–water partition coefficient (Wildman–Crippen LogP) is 2.79. The first-order valence-electron chi connectivity index (χ1n) is 8.15. The lowest BCUT2D eigenvalue weighted by Crippen LogP contribution is -2.31. The Kier molecular flexibility index (Phi) is 4.71. The molecule has 2 atom stereocenters. The van der Waals surface area contributed by atoms with E-state index in [-0.39, 0.29) is 17.9 Å². The van der Waals surface area contributed by atoms with Gasteiger partial charge in [0, 0.05) is 18.8 Å². The second-order valence-corrected chi connectivity index (χ2v) is 6.17. The zero-order valence-electron chi connectivity index (χ0n) is 14.0. The Morgan fingerprint density at radius 1 is 1.25 bits per heavy atom. The van der Waals surface area contributed by atoms with Crippen molar-refractivity contribution in [2.75, 3.05) is 30.4 Å². The summed E-state index contributed by atoms with van der Waals surface area (Å²) in [5, 5.41) is 2.96. The van der Waals surface area contributed by atoms with E-state index < -0.39 is 0 Å². The monoisotopic (exact) mass is 325 g/mol. The van der Waals surface area contributed by atoms with Gasteiger partial charge in [-0.25, -0.2) is 0 Å². The quantitative estimate of drug-likeness (QED) is 0.907. The van der Waals surface area contributed by atoms with Crippen LogP contribution in [0.25, 0.3) is 0 Å². The number of ether oxygens (including phenoxy) is 1. The fourth-order valence-corrected chi connectivity index (χ4v) is 2.81. The molecule has 0 saturated carbocycles. The van der Waals surface area contributed by atoms with Crippen molar-refractivity contribution in [3.63, 3.8) is 0 Å². The molecule has 2 unspecified atom stereocenters. The number of likely N-dealkylation sites (N-methyl/N-ethyl adjacent to an activating group) is 1. The van der Waals surface area contributed by atoms with Gasteiger partial charge in [-0.2, -0.15) is 0 Å². The minimum atomic E-state index is -0.338. The third kappa shape index (κ3) is 3.36. The topological polar surface area (TPSA) is 67.6 Å². The highest BCUT2D eigenvalue weighted by molar-refractivity contribution is 5.93. The maximum atomic E-state index is 12.5. The molecule has 0 aliphatic carbocycles. The Bertz CT molecular complexity index is 718. The standard InChI is InChI=1S/C19H23N3O2/c1-13(18(20)14-6-4-3-5-7-14)19(23)21-15-8-9-17-16(12-15)22(2)10-11-24-17/h3-9,12-13,18H,10-11,20H2,1-2H3,(H,21,23). The third-order valence-electron chi connectivity index (χ3n) is 4.46. The summed E-state index contributed by atoms with van der Waals surface area (Å²) >= 11 is 0. The van der Waals surface area contributed by atoms with Crippen LogP contribution >= 0.6 is 0 Å². The van der Waals surface area contributed by atoms with Crippen molar-refractivity contribution in [2.24, 2.45) is 11.7 Å². The van der Waals surface area contributed by atoms with Gasteiger partial charge in [0.05, 0.1) is 18.2 Å². The lowest BCUT2D eigenvalue weighted by Gasteiger charge is -2.28. The number of amides is 1. The molecule has 1 aliphatic rings. The SMILES string of the molecule is CC(C(=O)Nc1ccc2c(c1)N(C)CCO2)C(N)c1ccccc1. The summed E-state index contributed by atoms with van der Waals surface area (Å²) in [5.41, 5.74) is 8.93. The number of rotatable bonds is 4. The number of nitrogens with zero attached hydrogens (tertiary/aromatic N) is 1. The molecule has 5 heteroatoms. The Balaban J connectivity index is 1.71. The molecule has 2 aromatic carbocycles. The van der Waals surface area contributed by atoms with Crippen molar-refractivity contribution < 1.29 is 9.53 Å². The van der Waals surface area contributed by atoms with E-state index in [0.29, 0.717) is 6.61 Å². The molecule has 0 saturated heterocycles. The van der Waals surface area contributed by atoms with Crippen LogP contribution < -0.4 is 20.7 Å². The van der Waals surface area contributed by atoms with Crippen LogP contribution in [-0.2, 0) is 4.79 Å². The number of nitrogens with two attached hydrogens (primary N) is 1. The molecule has 24 heavy (non-hydrogen) atoms. The smallest absolute Gasteiger partial charge is 0.229 e. The third-order valence-corrected chi connectivity index (χ3v) is 4.46. The average Bonchev–Trinajstić information content (AvgIpc) is 2.62. The highest BCUT2D eigenvalue weighted by Crippen LogP contribution is 2.33. The Hall–Kier alpha value is -2.53. The Morgan fingerprint density at radius 2 is 2.00 bits per heavy atom. The van der Waals surface area contributed by atoms with Gasteiger partial charge in [0.1, 0.15) is 12.4 Å². The van der Waals surface area contributed by atoms with Crippen LogP contribution in [0.15, 0.2) is 48.5 Å². The lowest BCUT2D eigenvalue weighted by molar-refractivity contribution is -0.120. The maximum absolute atomic E-state index is 12.5. The highest BCUT2D eigenvalue weighted by atomic mass is 16.5. The second kappa shape index (κ2) is 6.93. The molecule has 3 rings (SSSR count). The number of carbonyl (C=O) groups excluding carboxylic acids is 1. The first kappa shape index (κ1) is 16.3. The molecule has 0 bridgehead atoms. The first-order chi connectivity index (χ1) is 11.6. The number of fused-ring (bicyclic) bond motifs is 1. The fraction of sp³-hybridized carbons (Fsp3) is 0.316. The van der Waals surface area contributed by atoms with E-state index in [9.17, 15) is 4.79 Å². The minimum Gasteiger partial charge on any atom is -0.490 e. The summed E-state index contributed by atoms with van der Waals surface area (Å²) in [6, 6.07) is 15.0. The van der Waals surface area contributed by atoms with E-state index in [4.69, 9.17) is 10.5 Å². The van der Waals surface area contributed by atoms with Gasteiger partial charge in [-0.1, -0.05) is 37.3 Å². The van der Waals surface area contributed by atoms with Gasteiger partial charge in [-0.05, 0) is 23.8 Å². The van der Waals surface area contributed by atoms with Gasteiger partial charge in [-0.3, -0.25) is 4.79 Å². The normalized spacial score (nSPS) is 15.9. The molecule has 5 nitrogen and oxygen atoms in total. The molecular weight excluding hydrogens is 302 g/mol. The van der Waals surface area contributed by atoms with Crippen LogP contribution in [0.2, 0.25) is 0 Å². The number of nitrogens with one attached hydrogen (secondary N) is 1. The predicted molar refractivity (Wildman–Crippen MR) is 96.4 cm³/mol. The van der Waals surface area contributed by atoms with Crippen LogP contribution in [-0.4, -0.2) is 26.1 Å². The van der Waals surface area contributed by atoms with Gasteiger partial charge < -0.3 is 20.7 Å². The van der Waals surface area contributed by atoms with Gasteiger partial charge >= 0.3 is 0 Å². The van der Waals surface area contributed by atoms with E-state index in [1.807, 2.05) is 62.5 Å². The van der Waals surface area contributed by atoms with Crippen LogP contribution in [0.4, 0.5) is 11.4 Å². The van der Waals surface area contributed by atoms with Crippen molar-refractivity contribution in [1.29, 1.82) is 0 Å². The summed E-state index contributed by atoms with van der Waals surface area (Å²) in [7, 11) is 2.01. The number of anilines is 2. The molecule has 0 spiro atoms. The molecule has 0 radical (unpaired) electrons. The largest absolute Gasteiger partial charge is 0.490 e. The number of hydrogen-bond acceptors (Lipinski definition) is 4. The summed E-state index contributed by atoms with van der Waals surface area (Å²) in [5.74, 6) is 0.416. The van der Waals surface area contributed by atoms with Crippen LogP contribution in [0.5, 0.6) is 5.75 Å². The zero-order chi connectivity index (χ0) is 17.1. The molecule has 1 aliphatic heterocycles. The van der Waals surface area contributed by atoms with Gasteiger partial charge in [0.25, 0.3) is 0 Å². The Labute approximate surface area is 142 Å². The molecule has 1 heterocycles. The molecule has 1 amide bonds. The zero-order valence-corrected chi connectivity index (χ0v) is 14.0. The molecular formula is C19H23N3O2. The highest BCUT2D eigenvalue weighted by Gasteiger charge is 2.23. The van der Waals surface area contributed by atoms with Crippen molar-refractivity contribution in [3.8, 4) is 5.75 Å². The van der Waals surface area contributed by atoms with E-state index in [1.54, 1.807) is 0 Å². The summed E-state index contributed by atoms with van der Waals surface area (Å²) in [6.45, 7) is 3.36. The van der Waals surface area contributed by atoms with Crippen LogP contribution in [0, 0.1) is 5.92 Å². The van der Waals surface area contributed by atoms with Crippen LogP contribution in [0.3, 0.4) is 0 Å². The maximum Gasteiger partial charge on any atom is 0.229 e. The van der Waals surface area contributed by atoms with Crippen molar-refractivity contribution in [1.82, 2.24) is 0 Å². The Morgan fingerprint density at radius 3 is 2.75 bits per heavy atom. The summed E-state index contributed by atoms with van der Waals surface area (Å²) in [4.78, 5) is 14.7. The first-order valence-corrected chi connectivity index (χ1v) is 8.15. The molecule has 126 valence electrons. The van der Waals surface area contributed by atoms with Crippen molar-refractivity contribution >= 4 is 17.3 Å². The van der Waals surface area contributed by atoms with E-state index in [1.165, 1.54) is 0 Å². The fourth-order valence-electron chi connectivity index (χ4n) is 2.81. The average molecular weight is 325 g/mol. The van der Waals surface area contributed by atoms with Gasteiger partial charge in [0.15, 0.2) is 0 Å². The molecule has 0 fully saturated rings. The second-order valence-electron chi connectivity index (χ2n) is 6.17. The summed E-state index contributed by atoms with van der Waals surface area (Å²) < 4.78 is 5.62. The molecule has 2 aromatic rings. The summed E-state index contributed by atoms with van der Waals surface area (Å²) in [6.07, 6.45) is 0. The lowest BCUT2D eigenvalue weighted by atomic mass is 9.94. The van der Waals surface area contributed by atoms with E-state index >= 15 is 0 Å². The number of hydrogen-bond donors (Lipinski definition) is 2. The number of carbonyl (C=O) groups is 1. The van der Waals surface area contributed by atoms with E-state index in [0.717, 1.165) is 29.2 Å². The minimum absolute atomic E-state index is 0.0920. The molecule has 3 N–H and O–H groups in total. The van der Waals surface area contributed by atoms with Gasteiger partial charge in [-0.15, -0.1) is 0 Å². The van der Waals surface area contributed by atoms with Crippen molar-refractivity contribution in [3.05, 3.63) is 54.1 Å². The number of benzene rings is 2. The van der Waals surface area contributed by atoms with Crippen LogP contribution in [0.1, 0.15) is 18.5 Å².